The lowest BCUT2D eigenvalue weighted by molar-refractivity contribution is 0.414. The van der Waals surface area contributed by atoms with Crippen molar-refractivity contribution in [2.45, 2.75) is 25.9 Å². The summed E-state index contributed by atoms with van der Waals surface area (Å²) in [7, 11) is 1.70. The molecule has 1 N–H and O–H groups in total. The molecule has 0 heterocycles. The minimum absolute atomic E-state index is 0. The second kappa shape index (κ2) is 8.62. The van der Waals surface area contributed by atoms with Crippen molar-refractivity contribution < 1.29 is 4.74 Å². The SMILES string of the molecule is COc1cccc(CC(C)NCc2ccccc2)c1.Cl. The lowest BCUT2D eigenvalue weighted by Crippen LogP contribution is -2.27. The quantitative estimate of drug-likeness (QED) is 0.873. The maximum absolute atomic E-state index is 5.25. The number of nitrogens with one attached hydrogen (secondary N) is 1. The van der Waals surface area contributed by atoms with Crippen LogP contribution in [0.5, 0.6) is 5.75 Å². The minimum atomic E-state index is 0. The molecule has 0 amide bonds. The topological polar surface area (TPSA) is 21.3 Å². The van der Waals surface area contributed by atoms with Crippen molar-refractivity contribution in [3.05, 3.63) is 65.7 Å². The van der Waals surface area contributed by atoms with E-state index in [0.717, 1.165) is 18.7 Å². The molecule has 2 rings (SSSR count). The lowest BCUT2D eigenvalue weighted by atomic mass is 10.1. The van der Waals surface area contributed by atoms with Crippen molar-refractivity contribution >= 4 is 12.4 Å². The molecule has 0 saturated heterocycles. The zero-order chi connectivity index (χ0) is 13.5. The van der Waals surface area contributed by atoms with Crippen LogP contribution in [0, 0.1) is 0 Å². The van der Waals surface area contributed by atoms with Gasteiger partial charge in [-0.25, -0.2) is 0 Å². The molecule has 2 aromatic rings. The van der Waals surface area contributed by atoms with Crippen molar-refractivity contribution in [2.75, 3.05) is 7.11 Å². The molecule has 0 saturated carbocycles. The van der Waals surface area contributed by atoms with Gasteiger partial charge in [-0.15, -0.1) is 12.4 Å². The van der Waals surface area contributed by atoms with Crippen LogP contribution in [0.25, 0.3) is 0 Å². The Morgan fingerprint density at radius 1 is 1.00 bits per heavy atom. The Morgan fingerprint density at radius 2 is 1.70 bits per heavy atom. The van der Waals surface area contributed by atoms with Gasteiger partial charge in [0.2, 0.25) is 0 Å². The highest BCUT2D eigenvalue weighted by Gasteiger charge is 2.04. The van der Waals surface area contributed by atoms with Crippen molar-refractivity contribution in [1.82, 2.24) is 5.32 Å². The summed E-state index contributed by atoms with van der Waals surface area (Å²) in [6.07, 6.45) is 1.00. The van der Waals surface area contributed by atoms with E-state index in [1.165, 1.54) is 11.1 Å². The van der Waals surface area contributed by atoms with Crippen LogP contribution < -0.4 is 10.1 Å². The first-order chi connectivity index (χ1) is 9.28. The summed E-state index contributed by atoms with van der Waals surface area (Å²) in [5, 5.41) is 3.54. The summed E-state index contributed by atoms with van der Waals surface area (Å²) < 4.78 is 5.25. The van der Waals surface area contributed by atoms with Gasteiger partial charge in [-0.2, -0.15) is 0 Å². The third-order valence-corrected chi connectivity index (χ3v) is 3.17. The van der Waals surface area contributed by atoms with Crippen molar-refractivity contribution in [1.29, 1.82) is 0 Å². The fourth-order valence-corrected chi connectivity index (χ4v) is 2.11. The van der Waals surface area contributed by atoms with Gasteiger partial charge in [0.05, 0.1) is 7.11 Å². The second-order valence-electron chi connectivity index (χ2n) is 4.82. The molecule has 108 valence electrons. The number of rotatable bonds is 6. The Bertz CT molecular complexity index is 501. The van der Waals surface area contributed by atoms with Crippen molar-refractivity contribution in [2.24, 2.45) is 0 Å². The maximum Gasteiger partial charge on any atom is 0.119 e. The van der Waals surface area contributed by atoms with Gasteiger partial charge in [-0.05, 0) is 36.6 Å². The molecule has 0 aliphatic heterocycles. The van der Waals surface area contributed by atoms with Crippen LogP contribution in [0.15, 0.2) is 54.6 Å². The van der Waals surface area contributed by atoms with Crippen LogP contribution >= 0.6 is 12.4 Å². The molecule has 3 heteroatoms. The normalized spacial score (nSPS) is 11.5. The Kier molecular flexibility index (Phi) is 7.13. The molecule has 1 atom stereocenters. The summed E-state index contributed by atoms with van der Waals surface area (Å²) in [5.41, 5.74) is 2.62. The van der Waals surface area contributed by atoms with E-state index in [1.54, 1.807) is 7.11 Å². The third kappa shape index (κ3) is 5.24. The van der Waals surface area contributed by atoms with Crippen LogP contribution in [0.4, 0.5) is 0 Å². The molecule has 20 heavy (non-hydrogen) atoms. The van der Waals surface area contributed by atoms with E-state index in [4.69, 9.17) is 4.74 Å². The largest absolute Gasteiger partial charge is 0.497 e. The molecule has 0 aliphatic carbocycles. The molecule has 0 aliphatic rings. The molecule has 0 spiro atoms. The number of halogens is 1. The van der Waals surface area contributed by atoms with Crippen LogP contribution in [0.2, 0.25) is 0 Å². The highest BCUT2D eigenvalue weighted by molar-refractivity contribution is 5.85. The highest BCUT2D eigenvalue weighted by Crippen LogP contribution is 2.14. The summed E-state index contributed by atoms with van der Waals surface area (Å²) in [6, 6.07) is 19.2. The Labute approximate surface area is 127 Å². The first-order valence-electron chi connectivity index (χ1n) is 6.68. The number of ether oxygens (including phenoxy) is 1. The smallest absolute Gasteiger partial charge is 0.119 e. The van der Waals surface area contributed by atoms with E-state index >= 15 is 0 Å². The summed E-state index contributed by atoms with van der Waals surface area (Å²) in [5.74, 6) is 0.924. The summed E-state index contributed by atoms with van der Waals surface area (Å²) in [6.45, 7) is 3.12. The van der Waals surface area contributed by atoms with Gasteiger partial charge < -0.3 is 10.1 Å². The number of methoxy groups -OCH3 is 1. The highest BCUT2D eigenvalue weighted by atomic mass is 35.5. The number of hydrogen-bond donors (Lipinski definition) is 1. The Balaban J connectivity index is 0.00000200. The van der Waals surface area contributed by atoms with Crippen molar-refractivity contribution in [3.63, 3.8) is 0 Å². The molecule has 2 nitrogen and oxygen atoms in total. The Hall–Kier alpha value is -1.51. The number of hydrogen-bond acceptors (Lipinski definition) is 2. The molecular weight excluding hydrogens is 270 g/mol. The maximum atomic E-state index is 5.25. The van der Waals surface area contributed by atoms with Gasteiger partial charge in [-0.1, -0.05) is 42.5 Å². The molecule has 1 unspecified atom stereocenters. The van der Waals surface area contributed by atoms with Gasteiger partial charge in [0, 0.05) is 12.6 Å². The van der Waals surface area contributed by atoms with E-state index in [9.17, 15) is 0 Å². The predicted octanol–water partition coefficient (Wildman–Crippen LogP) is 3.84. The predicted molar refractivity (Wildman–Crippen MR) is 86.7 cm³/mol. The Morgan fingerprint density at radius 3 is 2.40 bits per heavy atom. The summed E-state index contributed by atoms with van der Waals surface area (Å²) >= 11 is 0. The molecule has 0 radical (unpaired) electrons. The van der Waals surface area contributed by atoms with Crippen LogP contribution in [-0.2, 0) is 13.0 Å². The molecule has 2 aromatic carbocycles. The number of benzene rings is 2. The van der Waals surface area contributed by atoms with Crippen LogP contribution in [-0.4, -0.2) is 13.2 Å². The minimum Gasteiger partial charge on any atom is -0.497 e. The lowest BCUT2D eigenvalue weighted by Gasteiger charge is -2.14. The first-order valence-corrected chi connectivity index (χ1v) is 6.68. The molecule has 0 bridgehead atoms. The monoisotopic (exact) mass is 291 g/mol. The van der Waals surface area contributed by atoms with Gasteiger partial charge in [0.1, 0.15) is 5.75 Å². The van der Waals surface area contributed by atoms with Gasteiger partial charge in [0.25, 0.3) is 0 Å². The van der Waals surface area contributed by atoms with Crippen LogP contribution in [0.1, 0.15) is 18.1 Å². The van der Waals surface area contributed by atoms with E-state index in [-0.39, 0.29) is 12.4 Å². The van der Waals surface area contributed by atoms with Crippen LogP contribution in [0.3, 0.4) is 0 Å². The zero-order valence-corrected chi connectivity index (χ0v) is 12.8. The molecule has 0 aromatic heterocycles. The standard InChI is InChI=1S/C17H21NO.ClH/c1-14(18-13-15-7-4-3-5-8-15)11-16-9-6-10-17(12-16)19-2;/h3-10,12,14,18H,11,13H2,1-2H3;1H. The molecule has 0 fully saturated rings. The molecular formula is C17H22ClNO. The van der Waals surface area contributed by atoms with E-state index < -0.39 is 0 Å². The first kappa shape index (κ1) is 16.5. The van der Waals surface area contributed by atoms with Gasteiger partial charge >= 0.3 is 0 Å². The van der Waals surface area contributed by atoms with Gasteiger partial charge in [0.15, 0.2) is 0 Å². The average Bonchev–Trinajstić information content (AvgIpc) is 2.46. The average molecular weight is 292 g/mol. The third-order valence-electron chi connectivity index (χ3n) is 3.17. The van der Waals surface area contributed by atoms with Gasteiger partial charge in [-0.3, -0.25) is 0 Å². The summed E-state index contributed by atoms with van der Waals surface area (Å²) in [4.78, 5) is 0. The fraction of sp³-hybridized carbons (Fsp3) is 0.294. The van der Waals surface area contributed by atoms with E-state index in [1.807, 2.05) is 18.2 Å². The fourth-order valence-electron chi connectivity index (χ4n) is 2.11. The zero-order valence-electron chi connectivity index (χ0n) is 12.0. The van der Waals surface area contributed by atoms with E-state index in [2.05, 4.69) is 48.6 Å². The van der Waals surface area contributed by atoms with Crippen molar-refractivity contribution in [3.8, 4) is 5.75 Å². The second-order valence-corrected chi connectivity index (χ2v) is 4.82. The van der Waals surface area contributed by atoms with E-state index in [0.29, 0.717) is 6.04 Å².